The Bertz CT molecular complexity index is 1440. The van der Waals surface area contributed by atoms with Crippen molar-refractivity contribution in [3.8, 4) is 0 Å². The minimum Gasteiger partial charge on any atom is -0.480 e. The van der Waals surface area contributed by atoms with Gasteiger partial charge in [-0.25, -0.2) is 14.4 Å². The molecule has 13 heteroatoms. The van der Waals surface area contributed by atoms with Crippen LogP contribution in [0.4, 0.5) is 15.3 Å². The number of amides is 6. The standard InChI is InChI=1S/C34H45N7O6/c1-3-28(42)37-33(25-11-7-5-8-12-25)15-19-40(20-16-33)32(47)36-27(29(43)44)23-35-31(46)39-21-17-34(18-22-39)30(45)38(4-2)24-41(34)26-13-9-6-10-14-26/h5-14,27H,3-4,15-24H2,1-2H3,(H,35,46)(H,36,47)(H,37,42)(H,43,44). The van der Waals surface area contributed by atoms with Crippen LogP contribution in [0, 0.1) is 0 Å². The molecule has 6 amide bonds. The molecule has 2 aromatic carbocycles. The summed E-state index contributed by atoms with van der Waals surface area (Å²) in [6.45, 7) is 5.81. The predicted octanol–water partition coefficient (Wildman–Crippen LogP) is 2.54. The van der Waals surface area contributed by atoms with Gasteiger partial charge in [0, 0.05) is 44.8 Å². The normalized spacial score (nSPS) is 19.3. The van der Waals surface area contributed by atoms with Gasteiger partial charge in [0.15, 0.2) is 0 Å². The maximum atomic E-state index is 13.5. The van der Waals surface area contributed by atoms with Crippen LogP contribution in [-0.4, -0.2) is 107 Å². The van der Waals surface area contributed by atoms with E-state index < -0.39 is 35.2 Å². The Morgan fingerprint density at radius 3 is 1.98 bits per heavy atom. The minimum atomic E-state index is -1.34. The molecule has 2 aromatic rings. The number of carboxylic acids is 1. The summed E-state index contributed by atoms with van der Waals surface area (Å²) < 4.78 is 0. The number of carbonyl (C=O) groups excluding carboxylic acids is 4. The van der Waals surface area contributed by atoms with Gasteiger partial charge in [-0.05, 0) is 50.3 Å². The number of para-hydroxylation sites is 1. The van der Waals surface area contributed by atoms with E-state index in [0.717, 1.165) is 11.3 Å². The first-order valence-electron chi connectivity index (χ1n) is 16.4. The van der Waals surface area contributed by atoms with Crippen molar-refractivity contribution in [2.45, 2.75) is 63.1 Å². The molecule has 3 aliphatic heterocycles. The molecule has 0 aromatic heterocycles. The van der Waals surface area contributed by atoms with Crippen LogP contribution < -0.4 is 20.9 Å². The lowest BCUT2D eigenvalue weighted by Gasteiger charge is -2.43. The number of likely N-dealkylation sites (tertiary alicyclic amines) is 2. The Balaban J connectivity index is 1.15. The summed E-state index contributed by atoms with van der Waals surface area (Å²) in [5.41, 5.74) is 0.565. The van der Waals surface area contributed by atoms with Gasteiger partial charge in [0.25, 0.3) is 0 Å². The summed E-state index contributed by atoms with van der Waals surface area (Å²) in [5.74, 6) is -1.29. The number of urea groups is 2. The molecule has 5 rings (SSSR count). The lowest BCUT2D eigenvalue weighted by atomic mass is 9.80. The second-order valence-corrected chi connectivity index (χ2v) is 12.4. The highest BCUT2D eigenvalue weighted by Gasteiger charge is 2.53. The largest absolute Gasteiger partial charge is 0.480 e. The van der Waals surface area contributed by atoms with Gasteiger partial charge in [0.05, 0.1) is 18.8 Å². The number of carbonyl (C=O) groups is 5. The van der Waals surface area contributed by atoms with E-state index in [1.165, 1.54) is 4.90 Å². The zero-order chi connectivity index (χ0) is 33.6. The SMILES string of the molecule is CCC(=O)NC1(c2ccccc2)CCN(C(=O)NC(CNC(=O)N2CCC3(CC2)C(=O)N(CC)CN3c2ccccc2)C(=O)O)CC1. The molecule has 1 atom stereocenters. The Hall–Kier alpha value is -4.81. The third kappa shape index (κ3) is 6.98. The first-order chi connectivity index (χ1) is 22.6. The van der Waals surface area contributed by atoms with Crippen LogP contribution in [0.1, 0.15) is 51.5 Å². The number of benzene rings is 2. The van der Waals surface area contributed by atoms with Crippen molar-refractivity contribution in [1.82, 2.24) is 30.7 Å². The first kappa shape index (κ1) is 33.6. The Labute approximate surface area is 275 Å². The topological polar surface area (TPSA) is 155 Å². The molecule has 0 saturated carbocycles. The number of rotatable bonds is 9. The van der Waals surface area contributed by atoms with Crippen LogP contribution in [0.2, 0.25) is 0 Å². The molecular weight excluding hydrogens is 602 g/mol. The summed E-state index contributed by atoms with van der Waals surface area (Å²) in [7, 11) is 0. The second-order valence-electron chi connectivity index (χ2n) is 12.4. The van der Waals surface area contributed by atoms with E-state index in [2.05, 4.69) is 20.9 Å². The third-order valence-electron chi connectivity index (χ3n) is 9.83. The van der Waals surface area contributed by atoms with Gasteiger partial charge in [-0.3, -0.25) is 9.59 Å². The van der Waals surface area contributed by atoms with Gasteiger partial charge in [-0.15, -0.1) is 0 Å². The molecule has 1 spiro atoms. The third-order valence-corrected chi connectivity index (χ3v) is 9.83. The number of hydrogen-bond donors (Lipinski definition) is 4. The molecule has 4 N–H and O–H groups in total. The van der Waals surface area contributed by atoms with Crippen LogP contribution in [0.3, 0.4) is 0 Å². The van der Waals surface area contributed by atoms with E-state index >= 15 is 0 Å². The van der Waals surface area contributed by atoms with E-state index in [9.17, 15) is 29.1 Å². The zero-order valence-electron chi connectivity index (χ0n) is 27.1. The van der Waals surface area contributed by atoms with Crippen molar-refractivity contribution in [3.63, 3.8) is 0 Å². The molecule has 13 nitrogen and oxygen atoms in total. The predicted molar refractivity (Wildman–Crippen MR) is 175 cm³/mol. The van der Waals surface area contributed by atoms with E-state index in [4.69, 9.17) is 0 Å². The van der Waals surface area contributed by atoms with Crippen LogP contribution in [0.5, 0.6) is 0 Å². The van der Waals surface area contributed by atoms with Crippen LogP contribution in [0.25, 0.3) is 0 Å². The maximum absolute atomic E-state index is 13.5. The van der Waals surface area contributed by atoms with Crippen molar-refractivity contribution in [1.29, 1.82) is 0 Å². The number of aliphatic carboxylic acids is 1. The molecule has 0 bridgehead atoms. The molecular formula is C34H45N7O6. The van der Waals surface area contributed by atoms with Crippen molar-refractivity contribution >= 4 is 35.5 Å². The summed E-state index contributed by atoms with van der Waals surface area (Å²) in [4.78, 5) is 71.4. The molecule has 1 unspecified atom stereocenters. The number of carboxylic acid groups (broad SMARTS) is 1. The van der Waals surface area contributed by atoms with E-state index in [1.807, 2.05) is 72.5 Å². The van der Waals surface area contributed by atoms with Gasteiger partial charge in [0.2, 0.25) is 11.8 Å². The smallest absolute Gasteiger partial charge is 0.328 e. The molecule has 252 valence electrons. The molecule has 0 aliphatic carbocycles. The fraction of sp³-hybridized carbons (Fsp3) is 0.500. The number of anilines is 1. The number of piperidine rings is 2. The lowest BCUT2D eigenvalue weighted by Crippen LogP contribution is -2.60. The van der Waals surface area contributed by atoms with Gasteiger partial charge >= 0.3 is 18.0 Å². The highest BCUT2D eigenvalue weighted by atomic mass is 16.4. The van der Waals surface area contributed by atoms with Gasteiger partial charge in [-0.1, -0.05) is 55.5 Å². The minimum absolute atomic E-state index is 0.0593. The summed E-state index contributed by atoms with van der Waals surface area (Å²) in [6, 6.07) is 17.1. The highest BCUT2D eigenvalue weighted by molar-refractivity contribution is 5.94. The number of nitrogens with one attached hydrogen (secondary N) is 3. The molecule has 0 radical (unpaired) electrons. The monoisotopic (exact) mass is 647 g/mol. The van der Waals surface area contributed by atoms with E-state index in [1.54, 1.807) is 11.8 Å². The van der Waals surface area contributed by atoms with E-state index in [0.29, 0.717) is 71.5 Å². The van der Waals surface area contributed by atoms with Crippen molar-refractivity contribution in [3.05, 3.63) is 66.2 Å². The number of nitrogens with zero attached hydrogens (tertiary/aromatic N) is 4. The zero-order valence-corrected chi connectivity index (χ0v) is 27.1. The second kappa shape index (κ2) is 14.3. The van der Waals surface area contributed by atoms with Gasteiger partial charge < -0.3 is 40.7 Å². The quantitative estimate of drug-likeness (QED) is 0.326. The highest BCUT2D eigenvalue weighted by Crippen LogP contribution is 2.39. The average molecular weight is 648 g/mol. The first-order valence-corrected chi connectivity index (χ1v) is 16.4. The Morgan fingerprint density at radius 1 is 0.830 bits per heavy atom. The maximum Gasteiger partial charge on any atom is 0.328 e. The van der Waals surface area contributed by atoms with Crippen LogP contribution in [-0.2, 0) is 19.9 Å². The van der Waals surface area contributed by atoms with Crippen molar-refractivity contribution in [2.24, 2.45) is 0 Å². The van der Waals surface area contributed by atoms with Crippen LogP contribution in [0.15, 0.2) is 60.7 Å². The van der Waals surface area contributed by atoms with Crippen molar-refractivity contribution < 1.29 is 29.1 Å². The summed E-state index contributed by atoms with van der Waals surface area (Å²) in [6.07, 6.45) is 2.18. The summed E-state index contributed by atoms with van der Waals surface area (Å²) >= 11 is 0. The molecule has 3 heterocycles. The molecule has 47 heavy (non-hydrogen) atoms. The van der Waals surface area contributed by atoms with Crippen molar-refractivity contribution in [2.75, 3.05) is 50.8 Å². The van der Waals surface area contributed by atoms with E-state index in [-0.39, 0.29) is 18.4 Å². The average Bonchev–Trinajstić information content (AvgIpc) is 3.37. The fourth-order valence-electron chi connectivity index (χ4n) is 6.96. The number of likely N-dealkylation sites (N-methyl/N-ethyl adjacent to an activating group) is 1. The Kier molecular flexibility index (Phi) is 10.2. The molecule has 3 fully saturated rings. The lowest BCUT2D eigenvalue weighted by molar-refractivity contribution is -0.139. The van der Waals surface area contributed by atoms with Gasteiger partial charge in [0.1, 0.15) is 11.6 Å². The van der Waals surface area contributed by atoms with Gasteiger partial charge in [-0.2, -0.15) is 0 Å². The number of hydrogen-bond acceptors (Lipinski definition) is 6. The Morgan fingerprint density at radius 2 is 1.40 bits per heavy atom. The molecule has 3 saturated heterocycles. The fourth-order valence-corrected chi connectivity index (χ4v) is 6.96. The molecule has 3 aliphatic rings. The summed E-state index contributed by atoms with van der Waals surface area (Å²) in [5, 5.41) is 18.2. The van der Waals surface area contributed by atoms with Crippen LogP contribution >= 0.6 is 0 Å².